The highest BCUT2D eigenvalue weighted by Crippen LogP contribution is 2.22. The molecule has 3 rings (SSSR count). The van der Waals surface area contributed by atoms with E-state index in [2.05, 4.69) is 28.4 Å². The number of aryl methyl sites for hydroxylation is 4. The van der Waals surface area contributed by atoms with E-state index < -0.39 is 0 Å². The molecule has 2 aromatic heterocycles. The van der Waals surface area contributed by atoms with Crippen LogP contribution in [0.4, 0.5) is 0 Å². The van der Waals surface area contributed by atoms with E-state index >= 15 is 0 Å². The van der Waals surface area contributed by atoms with Gasteiger partial charge < -0.3 is 4.90 Å². The molecule has 140 valence electrons. The predicted octanol–water partition coefficient (Wildman–Crippen LogP) is 3.25. The SMILES string of the molecule is CCn1nc(C)cc1C(=O)N(Cc1cc(C)n(C)n1)CC1CC=CCC1. The maximum Gasteiger partial charge on any atom is 0.272 e. The summed E-state index contributed by atoms with van der Waals surface area (Å²) in [6.45, 7) is 7.96. The fourth-order valence-electron chi connectivity index (χ4n) is 3.58. The van der Waals surface area contributed by atoms with E-state index in [1.54, 1.807) is 4.68 Å². The van der Waals surface area contributed by atoms with Crippen LogP contribution in [0, 0.1) is 19.8 Å². The lowest BCUT2D eigenvalue weighted by molar-refractivity contribution is 0.0695. The quantitative estimate of drug-likeness (QED) is 0.748. The molecule has 1 atom stereocenters. The summed E-state index contributed by atoms with van der Waals surface area (Å²) in [4.78, 5) is 15.3. The Hall–Kier alpha value is -2.37. The fraction of sp³-hybridized carbons (Fsp3) is 0.550. The number of carbonyl (C=O) groups is 1. The number of carbonyl (C=O) groups excluding carboxylic acids is 1. The van der Waals surface area contributed by atoms with Crippen molar-refractivity contribution < 1.29 is 4.79 Å². The van der Waals surface area contributed by atoms with E-state index in [4.69, 9.17) is 0 Å². The highest BCUT2D eigenvalue weighted by atomic mass is 16.2. The minimum absolute atomic E-state index is 0.0466. The highest BCUT2D eigenvalue weighted by molar-refractivity contribution is 5.92. The smallest absolute Gasteiger partial charge is 0.272 e. The van der Waals surface area contributed by atoms with Gasteiger partial charge in [0.25, 0.3) is 5.91 Å². The molecule has 0 aromatic carbocycles. The van der Waals surface area contributed by atoms with E-state index in [1.165, 1.54) is 0 Å². The molecule has 1 amide bonds. The van der Waals surface area contributed by atoms with Crippen LogP contribution < -0.4 is 0 Å². The van der Waals surface area contributed by atoms with Gasteiger partial charge in [0.15, 0.2) is 0 Å². The Labute approximate surface area is 155 Å². The second-order valence-electron chi connectivity index (χ2n) is 7.22. The number of aromatic nitrogens is 4. The maximum atomic E-state index is 13.3. The molecule has 0 bridgehead atoms. The van der Waals surface area contributed by atoms with Crippen LogP contribution in [0.3, 0.4) is 0 Å². The normalized spacial score (nSPS) is 16.8. The van der Waals surface area contributed by atoms with Gasteiger partial charge in [-0.2, -0.15) is 10.2 Å². The van der Waals surface area contributed by atoms with Crippen molar-refractivity contribution in [1.29, 1.82) is 0 Å². The average molecular weight is 355 g/mol. The first-order valence-corrected chi connectivity index (χ1v) is 9.46. The summed E-state index contributed by atoms with van der Waals surface area (Å²) in [6, 6.07) is 3.95. The largest absolute Gasteiger partial charge is 0.331 e. The van der Waals surface area contributed by atoms with E-state index in [-0.39, 0.29) is 5.91 Å². The summed E-state index contributed by atoms with van der Waals surface area (Å²) >= 11 is 0. The molecule has 6 nitrogen and oxygen atoms in total. The highest BCUT2D eigenvalue weighted by Gasteiger charge is 2.24. The van der Waals surface area contributed by atoms with Gasteiger partial charge in [-0.25, -0.2) is 0 Å². The Bertz CT molecular complexity index is 782. The van der Waals surface area contributed by atoms with E-state index in [0.29, 0.717) is 24.7 Å². The summed E-state index contributed by atoms with van der Waals surface area (Å²) in [6.07, 6.45) is 7.74. The van der Waals surface area contributed by atoms with Crippen LogP contribution in [-0.4, -0.2) is 36.9 Å². The van der Waals surface area contributed by atoms with Crippen LogP contribution in [0.25, 0.3) is 0 Å². The topological polar surface area (TPSA) is 56.0 Å². The molecule has 0 N–H and O–H groups in total. The first-order valence-electron chi connectivity index (χ1n) is 9.46. The van der Waals surface area contributed by atoms with Crippen molar-refractivity contribution in [1.82, 2.24) is 24.5 Å². The van der Waals surface area contributed by atoms with Crippen LogP contribution in [0.5, 0.6) is 0 Å². The van der Waals surface area contributed by atoms with Crippen molar-refractivity contribution in [2.45, 2.75) is 53.1 Å². The zero-order valence-electron chi connectivity index (χ0n) is 16.3. The molecular formula is C20H29N5O. The lowest BCUT2D eigenvalue weighted by Crippen LogP contribution is -2.36. The number of amides is 1. The molecule has 1 aliphatic rings. The van der Waals surface area contributed by atoms with Crippen molar-refractivity contribution in [3.05, 3.63) is 47.1 Å². The van der Waals surface area contributed by atoms with Gasteiger partial charge in [0.05, 0.1) is 17.9 Å². The minimum Gasteiger partial charge on any atom is -0.331 e. The summed E-state index contributed by atoms with van der Waals surface area (Å²) in [5.74, 6) is 0.554. The number of allylic oxidation sites excluding steroid dienone is 2. The summed E-state index contributed by atoms with van der Waals surface area (Å²) < 4.78 is 3.66. The zero-order chi connectivity index (χ0) is 18.7. The molecular weight excluding hydrogens is 326 g/mol. The Morgan fingerprint density at radius 2 is 2.08 bits per heavy atom. The van der Waals surface area contributed by atoms with Crippen LogP contribution in [0.15, 0.2) is 24.3 Å². The second-order valence-corrected chi connectivity index (χ2v) is 7.22. The third-order valence-corrected chi connectivity index (χ3v) is 5.08. The molecule has 0 aliphatic heterocycles. The third-order valence-electron chi connectivity index (χ3n) is 5.08. The Morgan fingerprint density at radius 1 is 1.27 bits per heavy atom. The first-order chi connectivity index (χ1) is 12.5. The summed E-state index contributed by atoms with van der Waals surface area (Å²) in [5, 5.41) is 9.00. The molecule has 1 aliphatic carbocycles. The molecule has 0 spiro atoms. The van der Waals surface area contributed by atoms with Gasteiger partial charge in [-0.1, -0.05) is 12.2 Å². The predicted molar refractivity (Wildman–Crippen MR) is 102 cm³/mol. The van der Waals surface area contributed by atoms with Gasteiger partial charge in [-0.05, 0) is 58.1 Å². The van der Waals surface area contributed by atoms with Crippen LogP contribution >= 0.6 is 0 Å². The lowest BCUT2D eigenvalue weighted by atomic mass is 9.94. The van der Waals surface area contributed by atoms with Gasteiger partial charge >= 0.3 is 0 Å². The van der Waals surface area contributed by atoms with Gasteiger partial charge in [-0.3, -0.25) is 14.2 Å². The number of rotatable bonds is 6. The minimum atomic E-state index is 0.0466. The first kappa shape index (κ1) is 18.4. The van der Waals surface area contributed by atoms with Crippen molar-refractivity contribution in [2.75, 3.05) is 6.54 Å². The zero-order valence-corrected chi connectivity index (χ0v) is 16.3. The van der Waals surface area contributed by atoms with Gasteiger partial charge in [0.2, 0.25) is 0 Å². The van der Waals surface area contributed by atoms with Crippen LogP contribution in [-0.2, 0) is 20.1 Å². The van der Waals surface area contributed by atoms with Crippen molar-refractivity contribution in [2.24, 2.45) is 13.0 Å². The number of hydrogen-bond acceptors (Lipinski definition) is 3. The monoisotopic (exact) mass is 355 g/mol. The van der Waals surface area contributed by atoms with Crippen molar-refractivity contribution >= 4 is 5.91 Å². The van der Waals surface area contributed by atoms with Gasteiger partial charge in [-0.15, -0.1) is 0 Å². The summed E-state index contributed by atoms with van der Waals surface area (Å²) in [7, 11) is 1.94. The average Bonchev–Trinajstić information content (AvgIpc) is 3.16. The Balaban J connectivity index is 1.85. The number of hydrogen-bond donors (Lipinski definition) is 0. The summed E-state index contributed by atoms with van der Waals surface area (Å²) in [5.41, 5.74) is 3.58. The van der Waals surface area contributed by atoms with Crippen LogP contribution in [0.2, 0.25) is 0 Å². The molecule has 6 heteroatoms. The molecule has 2 heterocycles. The second kappa shape index (κ2) is 7.89. The molecule has 0 saturated heterocycles. The van der Waals surface area contributed by atoms with Crippen molar-refractivity contribution in [3.8, 4) is 0 Å². The van der Waals surface area contributed by atoms with Crippen molar-refractivity contribution in [3.63, 3.8) is 0 Å². The molecule has 0 fully saturated rings. The Kier molecular flexibility index (Phi) is 5.59. The van der Waals surface area contributed by atoms with E-state index in [1.807, 2.05) is 43.5 Å². The molecule has 0 radical (unpaired) electrons. The maximum absolute atomic E-state index is 13.3. The van der Waals surface area contributed by atoms with Crippen LogP contribution in [0.1, 0.15) is 53.8 Å². The Morgan fingerprint density at radius 3 is 2.69 bits per heavy atom. The number of nitrogens with zero attached hydrogens (tertiary/aromatic N) is 5. The van der Waals surface area contributed by atoms with E-state index in [0.717, 1.165) is 42.9 Å². The molecule has 2 aromatic rings. The molecule has 26 heavy (non-hydrogen) atoms. The lowest BCUT2D eigenvalue weighted by Gasteiger charge is -2.28. The fourth-order valence-corrected chi connectivity index (χ4v) is 3.58. The molecule has 1 unspecified atom stereocenters. The van der Waals surface area contributed by atoms with E-state index in [9.17, 15) is 4.79 Å². The molecule has 0 saturated carbocycles. The third kappa shape index (κ3) is 4.06. The standard InChI is InChI=1S/C20H29N5O/c1-5-25-19(11-15(2)21-25)20(26)24(13-17-9-7-6-8-10-17)14-18-12-16(3)23(4)22-18/h6-7,11-12,17H,5,8-10,13-14H2,1-4H3. The van der Waals surface area contributed by atoms with Gasteiger partial charge in [0, 0.05) is 25.8 Å². The van der Waals surface area contributed by atoms with Gasteiger partial charge in [0.1, 0.15) is 5.69 Å².